The van der Waals surface area contributed by atoms with Crippen LogP contribution >= 0.6 is 0 Å². The molecule has 0 aromatic rings. The highest BCUT2D eigenvalue weighted by Crippen LogP contribution is 2.44. The minimum atomic E-state index is -0.383. The third-order valence-electron chi connectivity index (χ3n) is 4.19. The van der Waals surface area contributed by atoms with Crippen LogP contribution in [0, 0.1) is 0 Å². The summed E-state index contributed by atoms with van der Waals surface area (Å²) < 4.78 is 5.54. The number of ether oxygens (including phenoxy) is 1. The Labute approximate surface area is 109 Å². The highest BCUT2D eigenvalue weighted by Gasteiger charge is 2.44. The molecule has 0 N–H and O–H groups in total. The van der Waals surface area contributed by atoms with Crippen molar-refractivity contribution in [2.24, 2.45) is 0 Å². The Bertz CT molecular complexity index is 383. The summed E-state index contributed by atoms with van der Waals surface area (Å²) in [5.74, 6) is 0. The molecule has 2 bridgehead atoms. The number of amides is 1. The van der Waals surface area contributed by atoms with Crippen molar-refractivity contribution < 1.29 is 9.53 Å². The van der Waals surface area contributed by atoms with E-state index in [1.807, 2.05) is 25.7 Å². The maximum absolute atomic E-state index is 12.3. The van der Waals surface area contributed by atoms with Crippen molar-refractivity contribution in [1.82, 2.24) is 4.90 Å². The molecular formula is C15H23NO2. The average Bonchev–Trinajstić information content (AvgIpc) is 3.02. The van der Waals surface area contributed by atoms with Crippen LogP contribution in [0.25, 0.3) is 0 Å². The van der Waals surface area contributed by atoms with Gasteiger partial charge in [0.25, 0.3) is 0 Å². The number of hydrogen-bond acceptors (Lipinski definition) is 2. The zero-order valence-electron chi connectivity index (χ0n) is 11.7. The molecule has 3 nitrogen and oxygen atoms in total. The minimum absolute atomic E-state index is 0.102. The average molecular weight is 249 g/mol. The summed E-state index contributed by atoms with van der Waals surface area (Å²) in [6.45, 7) is 5.82. The van der Waals surface area contributed by atoms with Crippen LogP contribution in [0.3, 0.4) is 0 Å². The largest absolute Gasteiger partial charge is 0.444 e. The normalized spacial score (nSPS) is 30.7. The molecule has 3 fully saturated rings. The summed E-state index contributed by atoms with van der Waals surface area (Å²) in [5.41, 5.74) is 2.95. The molecule has 3 heteroatoms. The summed E-state index contributed by atoms with van der Waals surface area (Å²) in [6.07, 6.45) is 7.02. The number of nitrogens with zero attached hydrogens (tertiary/aromatic N) is 1. The molecule has 0 radical (unpaired) electrons. The smallest absolute Gasteiger partial charge is 0.410 e. The fraction of sp³-hybridized carbons (Fsp3) is 0.800. The van der Waals surface area contributed by atoms with Gasteiger partial charge in [0.1, 0.15) is 5.60 Å². The van der Waals surface area contributed by atoms with Crippen LogP contribution in [0.1, 0.15) is 59.3 Å². The van der Waals surface area contributed by atoms with E-state index in [1.54, 1.807) is 11.1 Å². The van der Waals surface area contributed by atoms with Gasteiger partial charge in [0.2, 0.25) is 0 Å². The molecule has 1 saturated carbocycles. The van der Waals surface area contributed by atoms with Crippen molar-refractivity contribution >= 4 is 6.09 Å². The molecular weight excluding hydrogens is 226 g/mol. The third kappa shape index (κ3) is 2.27. The van der Waals surface area contributed by atoms with Crippen LogP contribution in [-0.4, -0.2) is 28.7 Å². The molecule has 0 aromatic heterocycles. The first-order valence-corrected chi connectivity index (χ1v) is 7.15. The molecule has 2 saturated heterocycles. The molecule has 0 spiro atoms. The molecule has 2 heterocycles. The van der Waals surface area contributed by atoms with Crippen LogP contribution in [0.4, 0.5) is 4.79 Å². The van der Waals surface area contributed by atoms with Crippen molar-refractivity contribution in [3.05, 3.63) is 11.1 Å². The molecule has 1 aliphatic carbocycles. The summed E-state index contributed by atoms with van der Waals surface area (Å²) in [5, 5.41) is 0. The van der Waals surface area contributed by atoms with Crippen LogP contribution in [-0.2, 0) is 4.74 Å². The van der Waals surface area contributed by atoms with Crippen molar-refractivity contribution in [2.45, 2.75) is 77.0 Å². The van der Waals surface area contributed by atoms with Gasteiger partial charge in [0.05, 0.1) is 0 Å². The Morgan fingerprint density at radius 3 is 2.11 bits per heavy atom. The van der Waals surface area contributed by atoms with Gasteiger partial charge in [-0.3, -0.25) is 0 Å². The van der Waals surface area contributed by atoms with Gasteiger partial charge in [-0.25, -0.2) is 4.79 Å². The summed E-state index contributed by atoms with van der Waals surface area (Å²) in [7, 11) is 0. The summed E-state index contributed by atoms with van der Waals surface area (Å²) in [6, 6.07) is 0.809. The lowest BCUT2D eigenvalue weighted by Gasteiger charge is -2.37. The standard InChI is InChI=1S/C15H23NO2/c1-15(2,3)18-14(17)16-12-6-7-13(16)9-11(8-12)10-4-5-10/h12-13H,4-9H2,1-3H3. The van der Waals surface area contributed by atoms with E-state index in [4.69, 9.17) is 4.74 Å². The summed E-state index contributed by atoms with van der Waals surface area (Å²) in [4.78, 5) is 14.3. The van der Waals surface area contributed by atoms with Crippen LogP contribution in [0.2, 0.25) is 0 Å². The second-order valence-electron chi connectivity index (χ2n) is 6.89. The Balaban J connectivity index is 1.72. The number of carbonyl (C=O) groups excluding carboxylic acids is 1. The molecule has 100 valence electrons. The van der Waals surface area contributed by atoms with E-state index in [1.165, 1.54) is 12.8 Å². The number of carbonyl (C=O) groups is 1. The summed E-state index contributed by atoms with van der Waals surface area (Å²) >= 11 is 0. The fourth-order valence-corrected chi connectivity index (χ4v) is 3.33. The van der Waals surface area contributed by atoms with Gasteiger partial charge in [0.15, 0.2) is 0 Å². The number of allylic oxidation sites excluding steroid dienone is 1. The molecule has 1 amide bonds. The quantitative estimate of drug-likeness (QED) is 0.613. The Morgan fingerprint density at radius 1 is 1.11 bits per heavy atom. The van der Waals surface area contributed by atoms with Gasteiger partial charge in [-0.2, -0.15) is 0 Å². The van der Waals surface area contributed by atoms with E-state index in [0.717, 1.165) is 25.7 Å². The molecule has 2 atom stereocenters. The number of rotatable bonds is 0. The highest BCUT2D eigenvalue weighted by molar-refractivity contribution is 5.70. The van der Waals surface area contributed by atoms with Crippen LogP contribution < -0.4 is 0 Å². The molecule has 2 aliphatic heterocycles. The third-order valence-corrected chi connectivity index (χ3v) is 4.19. The SMILES string of the molecule is CC(C)(C)OC(=O)N1C2CCC1CC(=C1CC1)C2. The lowest BCUT2D eigenvalue weighted by atomic mass is 9.96. The fourth-order valence-electron chi connectivity index (χ4n) is 3.33. The van der Waals surface area contributed by atoms with E-state index in [2.05, 4.69) is 0 Å². The van der Waals surface area contributed by atoms with E-state index < -0.39 is 0 Å². The van der Waals surface area contributed by atoms with E-state index in [-0.39, 0.29) is 11.7 Å². The molecule has 3 rings (SSSR count). The zero-order chi connectivity index (χ0) is 12.9. The lowest BCUT2D eigenvalue weighted by molar-refractivity contribution is 0.0115. The van der Waals surface area contributed by atoms with E-state index in [9.17, 15) is 4.79 Å². The molecule has 18 heavy (non-hydrogen) atoms. The first-order chi connectivity index (χ1) is 8.44. The first kappa shape index (κ1) is 12.1. The van der Waals surface area contributed by atoms with Crippen molar-refractivity contribution in [3.63, 3.8) is 0 Å². The van der Waals surface area contributed by atoms with E-state index >= 15 is 0 Å². The van der Waals surface area contributed by atoms with Crippen molar-refractivity contribution in [3.8, 4) is 0 Å². The van der Waals surface area contributed by atoms with E-state index in [0.29, 0.717) is 12.1 Å². The van der Waals surface area contributed by atoms with Gasteiger partial charge >= 0.3 is 6.09 Å². The zero-order valence-corrected chi connectivity index (χ0v) is 11.7. The van der Waals surface area contributed by atoms with Gasteiger partial charge < -0.3 is 9.64 Å². The molecule has 2 unspecified atom stereocenters. The second-order valence-corrected chi connectivity index (χ2v) is 6.89. The number of piperidine rings is 1. The predicted octanol–water partition coefficient (Wildman–Crippen LogP) is 3.64. The Kier molecular flexibility index (Phi) is 2.68. The maximum atomic E-state index is 12.3. The molecule has 0 aromatic carbocycles. The van der Waals surface area contributed by atoms with Crippen molar-refractivity contribution in [2.75, 3.05) is 0 Å². The van der Waals surface area contributed by atoms with Crippen LogP contribution in [0.15, 0.2) is 11.1 Å². The Hall–Kier alpha value is -0.990. The number of hydrogen-bond donors (Lipinski definition) is 0. The van der Waals surface area contributed by atoms with Crippen molar-refractivity contribution in [1.29, 1.82) is 0 Å². The van der Waals surface area contributed by atoms with Gasteiger partial charge in [-0.1, -0.05) is 11.1 Å². The Morgan fingerprint density at radius 2 is 1.67 bits per heavy atom. The van der Waals surface area contributed by atoms with Gasteiger partial charge in [-0.15, -0.1) is 0 Å². The molecule has 3 aliphatic rings. The predicted molar refractivity (Wildman–Crippen MR) is 70.4 cm³/mol. The minimum Gasteiger partial charge on any atom is -0.444 e. The lowest BCUT2D eigenvalue weighted by Crippen LogP contribution is -2.47. The highest BCUT2D eigenvalue weighted by atomic mass is 16.6. The van der Waals surface area contributed by atoms with Gasteiger partial charge in [0, 0.05) is 12.1 Å². The monoisotopic (exact) mass is 249 g/mol. The number of fused-ring (bicyclic) bond motifs is 2. The second kappa shape index (κ2) is 4.01. The first-order valence-electron chi connectivity index (χ1n) is 7.15. The maximum Gasteiger partial charge on any atom is 0.410 e. The van der Waals surface area contributed by atoms with Crippen LogP contribution in [0.5, 0.6) is 0 Å². The van der Waals surface area contributed by atoms with Gasteiger partial charge in [-0.05, 0) is 59.3 Å². The topological polar surface area (TPSA) is 29.5 Å².